The Bertz CT molecular complexity index is 822. The first-order valence-corrected chi connectivity index (χ1v) is 7.49. The molecule has 130 valence electrons. The summed E-state index contributed by atoms with van der Waals surface area (Å²) in [5.74, 6) is -2.00. The van der Waals surface area contributed by atoms with Gasteiger partial charge in [0.2, 0.25) is 0 Å². The number of esters is 2. The van der Waals surface area contributed by atoms with E-state index in [4.69, 9.17) is 22.1 Å². The number of halogens is 1. The van der Waals surface area contributed by atoms with Gasteiger partial charge in [-0.2, -0.15) is 0 Å². The van der Waals surface area contributed by atoms with Gasteiger partial charge in [0, 0.05) is 10.7 Å². The SMILES string of the molecule is COC(=O)c1ccccc1NC(=O)COC(=O)c1cc(Cl)ccc1N. The van der Waals surface area contributed by atoms with Gasteiger partial charge in [0.1, 0.15) is 0 Å². The van der Waals surface area contributed by atoms with Crippen LogP contribution in [0.25, 0.3) is 0 Å². The van der Waals surface area contributed by atoms with Gasteiger partial charge in [0.25, 0.3) is 5.91 Å². The molecule has 0 radical (unpaired) electrons. The van der Waals surface area contributed by atoms with Crippen LogP contribution in [0.1, 0.15) is 20.7 Å². The van der Waals surface area contributed by atoms with E-state index in [-0.39, 0.29) is 22.5 Å². The van der Waals surface area contributed by atoms with Crippen molar-refractivity contribution in [3.05, 3.63) is 58.6 Å². The maximum atomic E-state index is 12.0. The standard InChI is InChI=1S/C17H15ClN2O5/c1-24-16(22)11-4-2-3-5-14(11)20-15(21)9-25-17(23)12-8-10(18)6-7-13(12)19/h2-8H,9,19H2,1H3,(H,20,21). The van der Waals surface area contributed by atoms with Crippen molar-refractivity contribution in [3.63, 3.8) is 0 Å². The molecule has 0 atom stereocenters. The molecule has 1 amide bonds. The number of hydrogen-bond acceptors (Lipinski definition) is 6. The number of rotatable bonds is 5. The van der Waals surface area contributed by atoms with E-state index < -0.39 is 24.5 Å². The molecule has 0 spiro atoms. The van der Waals surface area contributed by atoms with Crippen LogP contribution in [0.5, 0.6) is 0 Å². The smallest absolute Gasteiger partial charge is 0.340 e. The summed E-state index contributed by atoms with van der Waals surface area (Å²) in [5, 5.41) is 2.80. The van der Waals surface area contributed by atoms with Crippen LogP contribution in [0.15, 0.2) is 42.5 Å². The van der Waals surface area contributed by atoms with Crippen LogP contribution in [0.3, 0.4) is 0 Å². The normalized spacial score (nSPS) is 10.0. The summed E-state index contributed by atoms with van der Waals surface area (Å²) in [6, 6.07) is 10.6. The molecule has 0 heterocycles. The highest BCUT2D eigenvalue weighted by molar-refractivity contribution is 6.31. The van der Waals surface area contributed by atoms with Crippen LogP contribution in [0.2, 0.25) is 5.02 Å². The summed E-state index contributed by atoms with van der Waals surface area (Å²) in [4.78, 5) is 35.6. The van der Waals surface area contributed by atoms with Crippen molar-refractivity contribution in [2.24, 2.45) is 0 Å². The summed E-state index contributed by atoms with van der Waals surface area (Å²) >= 11 is 5.81. The van der Waals surface area contributed by atoms with E-state index in [9.17, 15) is 14.4 Å². The van der Waals surface area contributed by atoms with Crippen molar-refractivity contribution in [3.8, 4) is 0 Å². The molecule has 0 saturated heterocycles. The molecule has 0 aliphatic rings. The number of carbonyl (C=O) groups is 3. The maximum Gasteiger partial charge on any atom is 0.340 e. The molecule has 25 heavy (non-hydrogen) atoms. The quantitative estimate of drug-likeness (QED) is 0.625. The highest BCUT2D eigenvalue weighted by Gasteiger charge is 2.16. The van der Waals surface area contributed by atoms with Crippen LogP contribution in [0.4, 0.5) is 11.4 Å². The second-order valence-electron chi connectivity index (χ2n) is 4.89. The van der Waals surface area contributed by atoms with E-state index in [1.54, 1.807) is 12.1 Å². The van der Waals surface area contributed by atoms with Gasteiger partial charge in [-0.25, -0.2) is 9.59 Å². The van der Waals surface area contributed by atoms with Crippen LogP contribution >= 0.6 is 11.6 Å². The number of para-hydroxylation sites is 1. The van der Waals surface area contributed by atoms with E-state index >= 15 is 0 Å². The van der Waals surface area contributed by atoms with Crippen molar-refractivity contribution in [1.82, 2.24) is 0 Å². The van der Waals surface area contributed by atoms with Gasteiger partial charge in [-0.15, -0.1) is 0 Å². The van der Waals surface area contributed by atoms with Crippen molar-refractivity contribution >= 4 is 40.8 Å². The zero-order valence-corrected chi connectivity index (χ0v) is 14.0. The van der Waals surface area contributed by atoms with E-state index in [1.807, 2.05) is 0 Å². The van der Waals surface area contributed by atoms with Crippen molar-refractivity contribution < 1.29 is 23.9 Å². The number of nitrogens with one attached hydrogen (secondary N) is 1. The number of amides is 1. The third kappa shape index (κ3) is 4.71. The van der Waals surface area contributed by atoms with E-state index in [1.165, 1.54) is 37.4 Å². The predicted octanol–water partition coefficient (Wildman–Crippen LogP) is 2.50. The molecule has 2 aromatic carbocycles. The molecule has 0 fully saturated rings. The lowest BCUT2D eigenvalue weighted by Crippen LogP contribution is -2.22. The van der Waals surface area contributed by atoms with E-state index in [0.29, 0.717) is 5.02 Å². The van der Waals surface area contributed by atoms with Gasteiger partial charge >= 0.3 is 11.9 Å². The molecule has 0 aliphatic carbocycles. The molecule has 0 bridgehead atoms. The lowest BCUT2D eigenvalue weighted by molar-refractivity contribution is -0.119. The fraction of sp³-hybridized carbons (Fsp3) is 0.118. The number of methoxy groups -OCH3 is 1. The molecule has 0 saturated carbocycles. The highest BCUT2D eigenvalue weighted by atomic mass is 35.5. The third-order valence-electron chi connectivity index (χ3n) is 3.18. The summed E-state index contributed by atoms with van der Waals surface area (Å²) in [5.41, 5.74) is 6.36. The Hall–Kier alpha value is -3.06. The molecule has 0 aliphatic heterocycles. The molecule has 0 aromatic heterocycles. The monoisotopic (exact) mass is 362 g/mol. The minimum atomic E-state index is -0.781. The third-order valence-corrected chi connectivity index (χ3v) is 3.41. The molecular weight excluding hydrogens is 348 g/mol. The van der Waals surface area contributed by atoms with Crippen LogP contribution in [-0.4, -0.2) is 31.6 Å². The minimum Gasteiger partial charge on any atom is -0.465 e. The number of anilines is 2. The first kappa shape index (κ1) is 18.3. The lowest BCUT2D eigenvalue weighted by Gasteiger charge is -2.10. The van der Waals surface area contributed by atoms with Crippen molar-refractivity contribution in [2.75, 3.05) is 24.8 Å². The number of nitrogen functional groups attached to an aromatic ring is 1. The number of carbonyl (C=O) groups excluding carboxylic acids is 3. The van der Waals surface area contributed by atoms with E-state index in [0.717, 1.165) is 0 Å². The van der Waals surface area contributed by atoms with E-state index in [2.05, 4.69) is 10.1 Å². The Morgan fingerprint density at radius 2 is 1.80 bits per heavy atom. The largest absolute Gasteiger partial charge is 0.465 e. The average molecular weight is 363 g/mol. The Morgan fingerprint density at radius 1 is 1.08 bits per heavy atom. The molecule has 3 N–H and O–H groups in total. The molecule has 8 heteroatoms. The number of nitrogens with two attached hydrogens (primary N) is 1. The van der Waals surface area contributed by atoms with Crippen molar-refractivity contribution in [2.45, 2.75) is 0 Å². The molecule has 2 rings (SSSR count). The Labute approximate surface area is 148 Å². The zero-order chi connectivity index (χ0) is 18.4. The van der Waals surface area contributed by atoms with Gasteiger partial charge in [-0.3, -0.25) is 4.79 Å². The molecule has 0 unspecified atom stereocenters. The first-order chi connectivity index (χ1) is 11.9. The van der Waals surface area contributed by atoms with Gasteiger partial charge in [-0.1, -0.05) is 23.7 Å². The van der Waals surface area contributed by atoms with Gasteiger partial charge < -0.3 is 20.5 Å². The number of ether oxygens (including phenoxy) is 2. The van der Waals surface area contributed by atoms with Crippen LogP contribution < -0.4 is 11.1 Å². The summed E-state index contributed by atoms with van der Waals surface area (Å²) in [6.07, 6.45) is 0. The summed E-state index contributed by atoms with van der Waals surface area (Å²) in [7, 11) is 1.23. The highest BCUT2D eigenvalue weighted by Crippen LogP contribution is 2.19. The topological polar surface area (TPSA) is 108 Å². The second-order valence-corrected chi connectivity index (χ2v) is 5.33. The predicted molar refractivity (Wildman–Crippen MR) is 92.6 cm³/mol. The molecule has 2 aromatic rings. The maximum absolute atomic E-state index is 12.0. The fourth-order valence-electron chi connectivity index (χ4n) is 1.98. The fourth-order valence-corrected chi connectivity index (χ4v) is 2.15. The lowest BCUT2D eigenvalue weighted by atomic mass is 10.2. The molecular formula is C17H15ClN2O5. The van der Waals surface area contributed by atoms with Crippen molar-refractivity contribution in [1.29, 1.82) is 0 Å². The average Bonchev–Trinajstić information content (AvgIpc) is 2.61. The zero-order valence-electron chi connectivity index (χ0n) is 13.2. The van der Waals surface area contributed by atoms with Crippen LogP contribution in [-0.2, 0) is 14.3 Å². The Kier molecular flexibility index (Phi) is 5.97. The van der Waals surface area contributed by atoms with Gasteiger partial charge in [0.05, 0.1) is 23.9 Å². The first-order valence-electron chi connectivity index (χ1n) is 7.11. The number of hydrogen-bond donors (Lipinski definition) is 2. The molecule has 7 nitrogen and oxygen atoms in total. The Balaban J connectivity index is 2.01. The minimum absolute atomic E-state index is 0.0651. The summed E-state index contributed by atoms with van der Waals surface area (Å²) in [6.45, 7) is -0.555. The second kappa shape index (κ2) is 8.16. The summed E-state index contributed by atoms with van der Waals surface area (Å²) < 4.78 is 9.56. The Morgan fingerprint density at radius 3 is 2.52 bits per heavy atom. The van der Waals surface area contributed by atoms with Gasteiger partial charge in [-0.05, 0) is 30.3 Å². The number of benzene rings is 2. The van der Waals surface area contributed by atoms with Gasteiger partial charge in [0.15, 0.2) is 6.61 Å². The van der Waals surface area contributed by atoms with Crippen LogP contribution in [0, 0.1) is 0 Å².